The van der Waals surface area contributed by atoms with E-state index in [4.69, 9.17) is 21.4 Å². The smallest absolute Gasteiger partial charge is 0.349 e. The molecule has 2 atom stereocenters. The first kappa shape index (κ1) is 47.5. The SMILES string of the molecule is CC1(C)C[C@@H](Nc2cccc(-c3sc(C(=O)O)c(OCC(=O)O)c3Cl)c2)CCN1S(=O)(=O)Cc1cccc(NC(=O)N2CCC(c3ccc4c5c(cccc35)C(=O)N4[C@@H]3CCC(=O)NC3=O)CC2)c1. The van der Waals surface area contributed by atoms with E-state index < -0.39 is 46.1 Å². The number of urea groups is 1. The van der Waals surface area contributed by atoms with Gasteiger partial charge in [0.15, 0.2) is 17.2 Å². The topological polar surface area (TPSA) is 232 Å². The van der Waals surface area contributed by atoms with Crippen molar-refractivity contribution in [3.63, 3.8) is 0 Å². The number of hydrogen-bond acceptors (Lipinski definition) is 11. The fourth-order valence-electron chi connectivity index (χ4n) is 10.2. The maximum Gasteiger partial charge on any atom is 0.349 e. The summed E-state index contributed by atoms with van der Waals surface area (Å²) in [4.78, 5) is 78.4. The number of nitrogens with zero attached hydrogens (tertiary/aromatic N) is 3. The number of amides is 5. The summed E-state index contributed by atoms with van der Waals surface area (Å²) in [5.74, 6) is -4.02. The van der Waals surface area contributed by atoms with Gasteiger partial charge >= 0.3 is 18.0 Å². The van der Waals surface area contributed by atoms with Gasteiger partial charge < -0.3 is 30.5 Å². The predicted octanol–water partition coefficient (Wildman–Crippen LogP) is 7.75. The maximum absolute atomic E-state index is 14.1. The van der Waals surface area contributed by atoms with E-state index in [1.54, 1.807) is 53.4 Å². The van der Waals surface area contributed by atoms with Gasteiger partial charge in [-0.15, -0.1) is 11.3 Å². The number of thiophene rings is 1. The highest BCUT2D eigenvalue weighted by Crippen LogP contribution is 2.47. The predicted molar refractivity (Wildman–Crippen MR) is 261 cm³/mol. The summed E-state index contributed by atoms with van der Waals surface area (Å²) < 4.78 is 34.9. The number of ether oxygens (including phenoxy) is 1. The van der Waals surface area contributed by atoms with Crippen molar-refractivity contribution < 1.29 is 52.1 Å². The Kier molecular flexibility index (Phi) is 12.9. The summed E-state index contributed by atoms with van der Waals surface area (Å²) in [6.45, 7) is 4.22. The van der Waals surface area contributed by atoms with Gasteiger partial charge in [-0.3, -0.25) is 24.6 Å². The zero-order valence-electron chi connectivity index (χ0n) is 37.6. The number of rotatable bonds is 13. The lowest BCUT2D eigenvalue weighted by Gasteiger charge is -2.45. The highest BCUT2D eigenvalue weighted by atomic mass is 35.5. The molecule has 0 radical (unpaired) electrons. The van der Waals surface area contributed by atoms with E-state index in [2.05, 4.69) is 16.0 Å². The third-order valence-corrected chi connectivity index (χ3v) is 17.0. The molecule has 0 unspecified atom stereocenters. The Balaban J connectivity index is 0.803. The van der Waals surface area contributed by atoms with Crippen LogP contribution in [0.1, 0.15) is 89.4 Å². The second-order valence-corrected chi connectivity index (χ2v) is 21.7. The number of aliphatic carboxylic acids is 1. The fourth-order valence-corrected chi connectivity index (χ4v) is 13.6. The number of carbonyl (C=O) groups is 6. The minimum Gasteiger partial charge on any atom is -0.479 e. The minimum atomic E-state index is -3.82. The summed E-state index contributed by atoms with van der Waals surface area (Å²) in [6, 6.07) is 22.4. The molecule has 5 N–H and O–H groups in total. The van der Waals surface area contributed by atoms with E-state index in [1.165, 1.54) is 9.21 Å². The van der Waals surface area contributed by atoms with E-state index in [0.29, 0.717) is 77.4 Å². The van der Waals surface area contributed by atoms with E-state index in [1.807, 2.05) is 44.2 Å². The zero-order valence-corrected chi connectivity index (χ0v) is 40.0. The molecule has 5 amide bonds. The van der Waals surface area contributed by atoms with Crippen LogP contribution < -0.4 is 25.6 Å². The van der Waals surface area contributed by atoms with Gasteiger partial charge in [-0.1, -0.05) is 54.1 Å². The number of piperidine rings is 3. The number of carboxylic acids is 2. The molecule has 4 aliphatic heterocycles. The summed E-state index contributed by atoms with van der Waals surface area (Å²) in [5, 5.41) is 29.3. The Bertz CT molecular complexity index is 3060. The number of anilines is 3. The molecule has 9 rings (SSSR count). The van der Waals surface area contributed by atoms with Crippen molar-refractivity contribution in [2.24, 2.45) is 0 Å². The van der Waals surface area contributed by atoms with Crippen molar-refractivity contribution in [2.45, 2.75) is 81.7 Å². The van der Waals surface area contributed by atoms with Crippen molar-refractivity contribution in [1.29, 1.82) is 0 Å². The van der Waals surface area contributed by atoms with Crippen LogP contribution in [0.2, 0.25) is 5.02 Å². The third-order valence-electron chi connectivity index (χ3n) is 13.3. The van der Waals surface area contributed by atoms with Gasteiger partial charge in [-0.2, -0.15) is 4.31 Å². The summed E-state index contributed by atoms with van der Waals surface area (Å²) in [7, 11) is -3.82. The summed E-state index contributed by atoms with van der Waals surface area (Å²) >= 11 is 7.41. The Morgan fingerprint density at radius 1 is 0.913 bits per heavy atom. The number of sulfonamides is 1. The largest absolute Gasteiger partial charge is 0.479 e. The molecule has 0 bridgehead atoms. The average Bonchev–Trinajstić information content (AvgIpc) is 3.78. The number of carboxylic acid groups (broad SMARTS) is 2. The highest BCUT2D eigenvalue weighted by Gasteiger charge is 2.43. The molecule has 0 aliphatic carbocycles. The summed E-state index contributed by atoms with van der Waals surface area (Å²) in [5.41, 5.74) is 3.78. The van der Waals surface area contributed by atoms with Crippen LogP contribution in [0.25, 0.3) is 21.2 Å². The maximum atomic E-state index is 14.1. The lowest BCUT2D eigenvalue weighted by molar-refractivity contribution is -0.139. The van der Waals surface area contributed by atoms with Gasteiger partial charge in [0.1, 0.15) is 11.1 Å². The second kappa shape index (κ2) is 18.8. The van der Waals surface area contributed by atoms with Crippen LogP contribution in [-0.2, 0) is 30.2 Å². The lowest BCUT2D eigenvalue weighted by Crippen LogP contribution is -2.55. The number of likely N-dealkylation sites (tertiary alicyclic amines) is 1. The molecule has 5 heterocycles. The van der Waals surface area contributed by atoms with Crippen LogP contribution in [0.4, 0.5) is 21.9 Å². The number of hydrogen-bond donors (Lipinski definition) is 5. The molecule has 20 heteroatoms. The van der Waals surface area contributed by atoms with Gasteiger partial charge in [-0.05, 0) is 110 Å². The van der Waals surface area contributed by atoms with Gasteiger partial charge in [0.25, 0.3) is 5.91 Å². The molecule has 3 fully saturated rings. The number of aromatic carboxylic acids is 1. The van der Waals surface area contributed by atoms with Crippen LogP contribution in [0, 0.1) is 0 Å². The Hall–Kier alpha value is -6.54. The first-order valence-electron chi connectivity index (χ1n) is 22.5. The molecule has 1 aromatic heterocycles. The molecule has 360 valence electrons. The lowest BCUT2D eigenvalue weighted by atomic mass is 9.85. The first-order chi connectivity index (χ1) is 32.9. The van der Waals surface area contributed by atoms with E-state index in [0.717, 1.165) is 27.7 Å². The van der Waals surface area contributed by atoms with Gasteiger partial charge in [-0.25, -0.2) is 22.8 Å². The average molecular weight is 998 g/mol. The fraction of sp³-hybridized carbons (Fsp3) is 0.347. The zero-order chi connectivity index (χ0) is 48.9. The Morgan fingerprint density at radius 2 is 1.65 bits per heavy atom. The molecule has 5 aromatic rings. The molecule has 4 aromatic carbocycles. The quantitative estimate of drug-likeness (QED) is 0.0713. The number of imide groups is 1. The monoisotopic (exact) mass is 996 g/mol. The highest BCUT2D eigenvalue weighted by molar-refractivity contribution is 7.88. The minimum absolute atomic E-state index is 0.00340. The van der Waals surface area contributed by atoms with Gasteiger partial charge in [0.05, 0.1) is 16.3 Å². The molecule has 4 aliphatic rings. The first-order valence-corrected chi connectivity index (χ1v) is 25.3. The number of halogens is 1. The second-order valence-electron chi connectivity index (χ2n) is 18.4. The van der Waals surface area contributed by atoms with Crippen LogP contribution in [0.15, 0.2) is 78.9 Å². The van der Waals surface area contributed by atoms with Crippen molar-refractivity contribution in [3.05, 3.63) is 105 Å². The van der Waals surface area contributed by atoms with E-state index in [9.17, 15) is 42.3 Å². The molecule has 0 spiro atoms. The van der Waals surface area contributed by atoms with Crippen molar-refractivity contribution >= 4 is 96.5 Å². The summed E-state index contributed by atoms with van der Waals surface area (Å²) in [6.07, 6.45) is 2.75. The van der Waals surface area contributed by atoms with Crippen molar-refractivity contribution in [2.75, 3.05) is 41.8 Å². The molecule has 0 saturated carbocycles. The van der Waals surface area contributed by atoms with Crippen LogP contribution >= 0.6 is 22.9 Å². The Labute approximate surface area is 406 Å². The van der Waals surface area contributed by atoms with Gasteiger partial charge in [0.2, 0.25) is 21.8 Å². The molecule has 17 nitrogen and oxygen atoms in total. The van der Waals surface area contributed by atoms with Crippen LogP contribution in [-0.4, -0.2) is 107 Å². The normalized spacial score (nSPS) is 19.7. The van der Waals surface area contributed by atoms with Gasteiger partial charge in [0, 0.05) is 60.0 Å². The molecular weight excluding hydrogens is 948 g/mol. The standard InChI is InChI=1S/C49H49ClN6O11S2/c1-49(2)24-32(51-31-9-4-7-29(23-31)43-41(50)42(67-25-39(58)59)44(68-43)47(62)63)18-21-55(49)69(65,66)26-27-6-3-8-30(22-27)52-48(64)54-19-16-28(17-20-54)33-12-13-36-40-34(33)10-5-11-35(40)46(61)56(36)37-14-15-38(57)53-45(37)60/h3-13,22-23,28,32,37,51H,14-21,24-26H2,1-2H3,(H,52,64)(H,58,59)(H,62,63)(H,53,57,60)/t32-,37+/m0/s1. The molecule has 69 heavy (non-hydrogen) atoms. The third kappa shape index (κ3) is 9.47. The molecular formula is C49H49ClN6O11S2. The Morgan fingerprint density at radius 3 is 2.38 bits per heavy atom. The molecule has 3 saturated heterocycles. The van der Waals surface area contributed by atoms with E-state index >= 15 is 0 Å². The van der Waals surface area contributed by atoms with E-state index in [-0.39, 0.29) is 70.6 Å². The van der Waals surface area contributed by atoms with Crippen LogP contribution in [0.3, 0.4) is 0 Å². The number of benzene rings is 4. The number of nitrogens with one attached hydrogen (secondary N) is 3. The number of carbonyl (C=O) groups excluding carboxylic acids is 4. The van der Waals surface area contributed by atoms with Crippen molar-refractivity contribution in [3.8, 4) is 16.2 Å². The van der Waals surface area contributed by atoms with Crippen molar-refractivity contribution in [1.82, 2.24) is 14.5 Å². The van der Waals surface area contributed by atoms with Crippen LogP contribution in [0.5, 0.6) is 5.75 Å².